The quantitative estimate of drug-likeness (QED) is 0.795. The van der Waals surface area contributed by atoms with Gasteiger partial charge in [0, 0.05) is 86.6 Å². The zero-order chi connectivity index (χ0) is 21.2. The van der Waals surface area contributed by atoms with Crippen LogP contribution < -0.4 is 0 Å². The first-order valence-corrected chi connectivity index (χ1v) is 12.4. The summed E-state index contributed by atoms with van der Waals surface area (Å²) in [5.41, 5.74) is 3.88. The van der Waals surface area contributed by atoms with Crippen molar-refractivity contribution in [2.75, 3.05) is 52.5 Å². The first-order chi connectivity index (χ1) is 15.2. The van der Waals surface area contributed by atoms with Crippen LogP contribution in [0.3, 0.4) is 0 Å². The highest BCUT2D eigenvalue weighted by Crippen LogP contribution is 2.37. The van der Waals surface area contributed by atoms with Gasteiger partial charge in [-0.25, -0.2) is 0 Å². The summed E-state index contributed by atoms with van der Waals surface area (Å²) in [6.45, 7) is 14.3. The fourth-order valence-electron chi connectivity index (χ4n) is 5.88. The maximum atomic E-state index is 5.50. The SMILES string of the molecule is CC(C)N1CCN([C@H]2CC[C@@H](c3nccc4[nH]c(CN5CCOCC5)cc43)CC2)CC1. The van der Waals surface area contributed by atoms with Gasteiger partial charge in [0.15, 0.2) is 0 Å². The minimum atomic E-state index is 0.601. The number of hydrogen-bond donors (Lipinski definition) is 1. The molecule has 0 aromatic carbocycles. The van der Waals surface area contributed by atoms with Crippen LogP contribution in [0.2, 0.25) is 0 Å². The summed E-state index contributed by atoms with van der Waals surface area (Å²) in [6.07, 6.45) is 7.17. The minimum Gasteiger partial charge on any atom is -0.379 e. The molecule has 1 saturated carbocycles. The Kier molecular flexibility index (Phi) is 6.60. The van der Waals surface area contributed by atoms with Gasteiger partial charge in [-0.15, -0.1) is 0 Å². The smallest absolute Gasteiger partial charge is 0.0594 e. The van der Waals surface area contributed by atoms with E-state index < -0.39 is 0 Å². The van der Waals surface area contributed by atoms with Crippen LogP contribution in [0.4, 0.5) is 0 Å². The zero-order valence-corrected chi connectivity index (χ0v) is 19.4. The molecule has 6 heteroatoms. The molecule has 2 aromatic heterocycles. The minimum absolute atomic E-state index is 0.601. The predicted molar refractivity (Wildman–Crippen MR) is 125 cm³/mol. The lowest BCUT2D eigenvalue weighted by Crippen LogP contribution is -2.52. The van der Waals surface area contributed by atoms with E-state index >= 15 is 0 Å². The molecule has 2 aromatic rings. The summed E-state index contributed by atoms with van der Waals surface area (Å²) in [6, 6.07) is 5.96. The topological polar surface area (TPSA) is 47.6 Å². The number of ether oxygens (including phenoxy) is 1. The second-order valence-corrected chi connectivity index (χ2v) is 10.0. The molecule has 1 aliphatic carbocycles. The molecule has 0 amide bonds. The Balaban J connectivity index is 1.21. The molecule has 3 fully saturated rings. The number of H-pyrrole nitrogens is 1. The average Bonchev–Trinajstić information content (AvgIpc) is 3.22. The van der Waals surface area contributed by atoms with Crippen LogP contribution >= 0.6 is 0 Å². The van der Waals surface area contributed by atoms with Crippen LogP contribution in [0.1, 0.15) is 56.8 Å². The van der Waals surface area contributed by atoms with Crippen molar-refractivity contribution in [2.24, 2.45) is 0 Å². The van der Waals surface area contributed by atoms with Crippen molar-refractivity contribution < 1.29 is 4.74 Å². The van der Waals surface area contributed by atoms with Gasteiger partial charge in [-0.05, 0) is 51.7 Å². The molecule has 0 spiro atoms. The van der Waals surface area contributed by atoms with E-state index in [1.165, 1.54) is 74.2 Å². The van der Waals surface area contributed by atoms with Crippen LogP contribution in [-0.4, -0.2) is 89.2 Å². The number of pyridine rings is 1. The Labute approximate surface area is 186 Å². The van der Waals surface area contributed by atoms with Crippen LogP contribution in [0.5, 0.6) is 0 Å². The van der Waals surface area contributed by atoms with Crippen LogP contribution in [0.25, 0.3) is 10.9 Å². The molecular formula is C25H39N5O. The number of nitrogens with one attached hydrogen (secondary N) is 1. The van der Waals surface area contributed by atoms with E-state index in [0.717, 1.165) is 38.9 Å². The first kappa shape index (κ1) is 21.4. The van der Waals surface area contributed by atoms with Crippen LogP contribution in [-0.2, 0) is 11.3 Å². The Hall–Kier alpha value is -1.47. The van der Waals surface area contributed by atoms with Gasteiger partial charge in [0.25, 0.3) is 0 Å². The van der Waals surface area contributed by atoms with Gasteiger partial charge in [0.2, 0.25) is 0 Å². The van der Waals surface area contributed by atoms with E-state index in [9.17, 15) is 0 Å². The van der Waals surface area contributed by atoms with Crippen molar-refractivity contribution in [3.63, 3.8) is 0 Å². The third kappa shape index (κ3) is 4.82. The highest BCUT2D eigenvalue weighted by Gasteiger charge is 2.30. The van der Waals surface area contributed by atoms with Crippen molar-refractivity contribution in [1.29, 1.82) is 0 Å². The predicted octanol–water partition coefficient (Wildman–Crippen LogP) is 3.45. The van der Waals surface area contributed by atoms with E-state index in [2.05, 4.69) is 45.7 Å². The normalized spacial score (nSPS) is 27.3. The fraction of sp³-hybridized carbons (Fsp3) is 0.720. The maximum Gasteiger partial charge on any atom is 0.0594 e. The Morgan fingerprint density at radius 3 is 2.48 bits per heavy atom. The summed E-state index contributed by atoms with van der Waals surface area (Å²) in [5.74, 6) is 0.601. The summed E-state index contributed by atoms with van der Waals surface area (Å²) in [4.78, 5) is 16.4. The zero-order valence-electron chi connectivity index (χ0n) is 19.4. The summed E-state index contributed by atoms with van der Waals surface area (Å²) >= 11 is 0. The van der Waals surface area contributed by atoms with E-state index in [4.69, 9.17) is 9.72 Å². The summed E-state index contributed by atoms with van der Waals surface area (Å²) in [7, 11) is 0. The van der Waals surface area contributed by atoms with Crippen LogP contribution in [0, 0.1) is 0 Å². The van der Waals surface area contributed by atoms with Crippen LogP contribution in [0.15, 0.2) is 18.3 Å². The van der Waals surface area contributed by atoms with Crippen molar-refractivity contribution >= 4 is 10.9 Å². The molecule has 3 aliphatic rings. The summed E-state index contributed by atoms with van der Waals surface area (Å²) < 4.78 is 5.50. The number of fused-ring (bicyclic) bond motifs is 1. The number of aromatic amines is 1. The molecule has 0 unspecified atom stereocenters. The molecule has 1 N–H and O–H groups in total. The van der Waals surface area contributed by atoms with Gasteiger partial charge < -0.3 is 9.72 Å². The molecule has 4 heterocycles. The molecule has 170 valence electrons. The maximum absolute atomic E-state index is 5.50. The van der Waals surface area contributed by atoms with Crippen molar-refractivity contribution in [3.8, 4) is 0 Å². The second kappa shape index (κ2) is 9.57. The molecular weight excluding hydrogens is 386 g/mol. The molecule has 6 nitrogen and oxygen atoms in total. The number of nitrogens with zero attached hydrogens (tertiary/aromatic N) is 4. The third-order valence-electron chi connectivity index (χ3n) is 7.81. The van der Waals surface area contributed by atoms with Gasteiger partial charge in [-0.1, -0.05) is 0 Å². The molecule has 31 heavy (non-hydrogen) atoms. The largest absolute Gasteiger partial charge is 0.379 e. The van der Waals surface area contributed by atoms with Crippen molar-refractivity contribution in [1.82, 2.24) is 24.7 Å². The standard InChI is InChI=1S/C25H39N5O/c1-19(2)29-9-11-30(12-10-29)22-5-3-20(4-6-22)25-23-17-21(27-24(23)7-8-26-25)18-28-13-15-31-16-14-28/h7-8,17,19-20,22,27H,3-6,9-16,18H2,1-2H3/t20-,22+. The Morgan fingerprint density at radius 2 is 1.77 bits per heavy atom. The van der Waals surface area contributed by atoms with Crippen molar-refractivity contribution in [3.05, 3.63) is 29.7 Å². The number of rotatable bonds is 5. The second-order valence-electron chi connectivity index (χ2n) is 10.0. The molecule has 0 atom stereocenters. The van der Waals surface area contributed by atoms with E-state index in [1.54, 1.807) is 0 Å². The van der Waals surface area contributed by atoms with Gasteiger partial charge in [0.05, 0.1) is 18.9 Å². The van der Waals surface area contributed by atoms with Crippen molar-refractivity contribution in [2.45, 2.75) is 64.1 Å². The third-order valence-corrected chi connectivity index (χ3v) is 7.81. The number of hydrogen-bond acceptors (Lipinski definition) is 5. The lowest BCUT2D eigenvalue weighted by molar-refractivity contribution is 0.0337. The van der Waals surface area contributed by atoms with E-state index in [0.29, 0.717) is 12.0 Å². The fourth-order valence-corrected chi connectivity index (χ4v) is 5.88. The molecule has 0 radical (unpaired) electrons. The van der Waals surface area contributed by atoms with Gasteiger partial charge >= 0.3 is 0 Å². The highest BCUT2D eigenvalue weighted by molar-refractivity contribution is 5.83. The summed E-state index contributed by atoms with van der Waals surface area (Å²) in [5, 5.41) is 1.35. The lowest BCUT2D eigenvalue weighted by atomic mass is 9.82. The average molecular weight is 426 g/mol. The van der Waals surface area contributed by atoms with E-state index in [1.807, 2.05) is 6.20 Å². The van der Waals surface area contributed by atoms with E-state index in [-0.39, 0.29) is 0 Å². The number of aromatic nitrogens is 2. The first-order valence-electron chi connectivity index (χ1n) is 12.4. The number of piperazine rings is 1. The van der Waals surface area contributed by atoms with Gasteiger partial charge in [-0.2, -0.15) is 0 Å². The van der Waals surface area contributed by atoms with Gasteiger partial charge in [0.1, 0.15) is 0 Å². The molecule has 2 saturated heterocycles. The Bertz CT molecular complexity index is 843. The number of morpholine rings is 1. The molecule has 2 aliphatic heterocycles. The lowest BCUT2D eigenvalue weighted by Gasteiger charge is -2.43. The molecule has 5 rings (SSSR count). The monoisotopic (exact) mass is 425 g/mol. The highest BCUT2D eigenvalue weighted by atomic mass is 16.5. The molecule has 0 bridgehead atoms. The Morgan fingerprint density at radius 1 is 1.03 bits per heavy atom. The van der Waals surface area contributed by atoms with Gasteiger partial charge in [-0.3, -0.25) is 19.7 Å².